The first-order valence-electron chi connectivity index (χ1n) is 19.2. The van der Waals surface area contributed by atoms with Crippen LogP contribution in [0, 0.1) is 0 Å². The Bertz CT molecular complexity index is 2920. The van der Waals surface area contributed by atoms with E-state index in [1.54, 1.807) is 5.56 Å². The number of rotatable bonds is 4. The predicted molar refractivity (Wildman–Crippen MR) is 231 cm³/mol. The molecule has 0 unspecified atom stereocenters. The Morgan fingerprint density at radius 3 is 1.43 bits per heavy atom. The minimum atomic E-state index is 0.200. The van der Waals surface area contributed by atoms with Gasteiger partial charge in [0.15, 0.2) is 0 Å². The van der Waals surface area contributed by atoms with E-state index in [2.05, 4.69) is 164 Å². The van der Waals surface area contributed by atoms with Crippen molar-refractivity contribution in [1.29, 1.82) is 0 Å². The van der Waals surface area contributed by atoms with Gasteiger partial charge < -0.3 is 0 Å². The summed E-state index contributed by atoms with van der Waals surface area (Å²) in [6.07, 6.45) is 6.65. The fourth-order valence-electron chi connectivity index (χ4n) is 9.79. The second-order valence-corrected chi connectivity index (χ2v) is 17.1. The molecular formula is C52H38Se. The van der Waals surface area contributed by atoms with Gasteiger partial charge >= 0.3 is 318 Å². The van der Waals surface area contributed by atoms with Crippen LogP contribution in [0.3, 0.4) is 0 Å². The monoisotopic (exact) mass is 742 g/mol. The molecule has 252 valence electrons. The molecule has 0 saturated heterocycles. The molecule has 0 radical (unpaired) electrons. The maximum absolute atomic E-state index is 2.51. The molecule has 1 saturated carbocycles. The summed E-state index contributed by atoms with van der Waals surface area (Å²) in [7, 11) is 0. The molecule has 0 bridgehead atoms. The Morgan fingerprint density at radius 2 is 0.849 bits per heavy atom. The maximum atomic E-state index is 2.51. The molecule has 0 aliphatic heterocycles. The van der Waals surface area contributed by atoms with E-state index in [1.165, 1.54) is 128 Å². The quantitative estimate of drug-likeness (QED) is 0.124. The minimum absolute atomic E-state index is 0.200. The van der Waals surface area contributed by atoms with Crippen molar-refractivity contribution in [1.82, 2.24) is 0 Å². The zero-order chi connectivity index (χ0) is 34.9. The van der Waals surface area contributed by atoms with Gasteiger partial charge in [0, 0.05) is 0 Å². The second kappa shape index (κ2) is 12.6. The molecule has 9 aromatic carbocycles. The van der Waals surface area contributed by atoms with Crippen LogP contribution in [0.15, 0.2) is 164 Å². The van der Waals surface area contributed by atoms with Crippen molar-refractivity contribution >= 4 is 76.9 Å². The Hall–Kier alpha value is -5.46. The first kappa shape index (κ1) is 31.1. The van der Waals surface area contributed by atoms with Crippen molar-refractivity contribution in [3.8, 4) is 33.4 Å². The van der Waals surface area contributed by atoms with Crippen LogP contribution < -0.4 is 0 Å². The fourth-order valence-corrected chi connectivity index (χ4v) is 12.3. The molecule has 1 aliphatic carbocycles. The predicted octanol–water partition coefficient (Wildman–Crippen LogP) is 14.7. The van der Waals surface area contributed by atoms with Gasteiger partial charge in [0.2, 0.25) is 0 Å². The third-order valence-corrected chi connectivity index (χ3v) is 14.6. The molecule has 0 N–H and O–H groups in total. The van der Waals surface area contributed by atoms with Gasteiger partial charge in [0.25, 0.3) is 0 Å². The van der Waals surface area contributed by atoms with Gasteiger partial charge in [-0.25, -0.2) is 0 Å². The Balaban J connectivity index is 1.16. The molecule has 1 fully saturated rings. The molecule has 1 aromatic heterocycles. The summed E-state index contributed by atoms with van der Waals surface area (Å²) in [6, 6.07) is 61.9. The second-order valence-electron chi connectivity index (χ2n) is 14.9. The van der Waals surface area contributed by atoms with Crippen LogP contribution in [0.5, 0.6) is 0 Å². The summed E-state index contributed by atoms with van der Waals surface area (Å²) >= 11 is 0.200. The molecule has 1 heteroatoms. The summed E-state index contributed by atoms with van der Waals surface area (Å²) in [5.74, 6) is 0.634. The molecule has 53 heavy (non-hydrogen) atoms. The first-order valence-corrected chi connectivity index (χ1v) is 20.9. The molecule has 1 aliphatic rings. The van der Waals surface area contributed by atoms with Gasteiger partial charge in [-0.3, -0.25) is 0 Å². The third kappa shape index (κ3) is 4.88. The van der Waals surface area contributed by atoms with Crippen LogP contribution in [0.25, 0.3) is 95.8 Å². The van der Waals surface area contributed by atoms with Crippen molar-refractivity contribution in [3.05, 3.63) is 169 Å². The Morgan fingerprint density at radius 1 is 0.358 bits per heavy atom. The van der Waals surface area contributed by atoms with E-state index in [-0.39, 0.29) is 14.5 Å². The van der Waals surface area contributed by atoms with Crippen LogP contribution in [0.1, 0.15) is 43.6 Å². The summed E-state index contributed by atoms with van der Waals surface area (Å²) < 4.78 is 2.99. The van der Waals surface area contributed by atoms with E-state index in [4.69, 9.17) is 0 Å². The van der Waals surface area contributed by atoms with Crippen molar-refractivity contribution in [2.24, 2.45) is 0 Å². The van der Waals surface area contributed by atoms with Crippen molar-refractivity contribution < 1.29 is 0 Å². The first-order chi connectivity index (χ1) is 26.3. The third-order valence-electron chi connectivity index (χ3n) is 12.0. The zero-order valence-electron chi connectivity index (χ0n) is 29.6. The summed E-state index contributed by atoms with van der Waals surface area (Å²) in [5.41, 5.74) is 9.60. The number of hydrogen-bond donors (Lipinski definition) is 0. The average Bonchev–Trinajstić information content (AvgIpc) is 3.61. The van der Waals surface area contributed by atoms with Crippen LogP contribution in [0.4, 0.5) is 0 Å². The fraction of sp³-hybridized carbons (Fsp3) is 0.115. The number of benzene rings is 9. The topological polar surface area (TPSA) is 0 Å². The van der Waals surface area contributed by atoms with E-state index in [1.807, 2.05) is 0 Å². The molecule has 0 spiro atoms. The molecule has 11 rings (SSSR count). The molecule has 0 nitrogen and oxygen atoms in total. The summed E-state index contributed by atoms with van der Waals surface area (Å²) in [4.78, 5) is 0. The number of hydrogen-bond acceptors (Lipinski definition) is 0. The standard InChI is InChI=1S/C52H38Se/c1-3-16-33(17-4-1)48-36-20-7-9-22-38(36)50(39-23-10-8-21-37(39)48)35-30-31-47-46(32-35)44-28-15-29-45(52(44)53-47)51-42-26-13-11-24-40(42)49(34-18-5-2-6-19-34)41-25-12-14-27-43(41)51/h1,3-4,7-17,20-32,34H,2,5-6,18-19H2. The number of fused-ring (bicyclic) bond motifs is 7. The average molecular weight is 742 g/mol. The molecule has 10 aromatic rings. The van der Waals surface area contributed by atoms with Gasteiger partial charge in [0.05, 0.1) is 0 Å². The molecule has 1 heterocycles. The van der Waals surface area contributed by atoms with Gasteiger partial charge in [-0.15, -0.1) is 0 Å². The van der Waals surface area contributed by atoms with E-state index in [9.17, 15) is 0 Å². The van der Waals surface area contributed by atoms with E-state index in [0.29, 0.717) is 5.92 Å². The van der Waals surface area contributed by atoms with Crippen molar-refractivity contribution in [3.63, 3.8) is 0 Å². The van der Waals surface area contributed by atoms with Crippen LogP contribution >= 0.6 is 0 Å². The van der Waals surface area contributed by atoms with Crippen molar-refractivity contribution in [2.45, 2.75) is 38.0 Å². The van der Waals surface area contributed by atoms with E-state index in [0.717, 1.165) is 0 Å². The van der Waals surface area contributed by atoms with Crippen LogP contribution in [-0.4, -0.2) is 14.5 Å². The van der Waals surface area contributed by atoms with Crippen LogP contribution in [-0.2, 0) is 0 Å². The van der Waals surface area contributed by atoms with Gasteiger partial charge in [-0.2, -0.15) is 0 Å². The summed E-state index contributed by atoms with van der Waals surface area (Å²) in [5, 5.41) is 13.7. The molecule has 0 amide bonds. The molecule has 0 atom stereocenters. The molecular weight excluding hydrogens is 704 g/mol. The van der Waals surface area contributed by atoms with E-state index < -0.39 is 0 Å². The normalized spacial score (nSPS) is 14.0. The van der Waals surface area contributed by atoms with Crippen LogP contribution in [0.2, 0.25) is 0 Å². The van der Waals surface area contributed by atoms with E-state index >= 15 is 0 Å². The van der Waals surface area contributed by atoms with Gasteiger partial charge in [-0.05, 0) is 0 Å². The van der Waals surface area contributed by atoms with Gasteiger partial charge in [0.1, 0.15) is 0 Å². The zero-order valence-corrected chi connectivity index (χ0v) is 31.3. The van der Waals surface area contributed by atoms with Crippen molar-refractivity contribution in [2.75, 3.05) is 0 Å². The summed E-state index contributed by atoms with van der Waals surface area (Å²) in [6.45, 7) is 0. The Kier molecular flexibility index (Phi) is 7.39. The SMILES string of the molecule is c1ccc(-c2c3ccccc3c(-c3ccc4[se]c5c(-c6c7ccccc7c(C7CCCCC7)c7ccccc67)cccc5c4c3)c3ccccc23)cc1. The Labute approximate surface area is 316 Å². The van der Waals surface area contributed by atoms with Gasteiger partial charge in [-0.1, -0.05) is 0 Å².